The van der Waals surface area contributed by atoms with Gasteiger partial charge in [-0.1, -0.05) is 39.8 Å². The first-order valence-corrected chi connectivity index (χ1v) is 9.21. The van der Waals surface area contributed by atoms with Crippen LogP contribution in [0.25, 0.3) is 0 Å². The van der Waals surface area contributed by atoms with Crippen LogP contribution in [0.15, 0.2) is 24.3 Å². The van der Waals surface area contributed by atoms with E-state index in [2.05, 4.69) is 11.8 Å². The number of rotatable bonds is 6. The van der Waals surface area contributed by atoms with Crippen LogP contribution in [0, 0.1) is 5.41 Å². The molecule has 0 radical (unpaired) electrons. The van der Waals surface area contributed by atoms with Crippen LogP contribution in [0.5, 0.6) is 5.75 Å². The highest BCUT2D eigenvalue weighted by atomic mass is 16.5. The van der Waals surface area contributed by atoms with Gasteiger partial charge in [0, 0.05) is 38.1 Å². The van der Waals surface area contributed by atoms with Gasteiger partial charge in [-0.25, -0.2) is 0 Å². The van der Waals surface area contributed by atoms with E-state index in [1.807, 2.05) is 49.9 Å². The summed E-state index contributed by atoms with van der Waals surface area (Å²) in [6.07, 6.45) is 0.475. The van der Waals surface area contributed by atoms with Gasteiger partial charge in [-0.2, -0.15) is 0 Å². The molecule has 25 heavy (non-hydrogen) atoms. The van der Waals surface area contributed by atoms with Crippen molar-refractivity contribution in [2.24, 2.45) is 5.41 Å². The molecule has 1 aliphatic heterocycles. The minimum absolute atomic E-state index is 0.201. The van der Waals surface area contributed by atoms with Gasteiger partial charge in [-0.15, -0.1) is 0 Å². The van der Waals surface area contributed by atoms with E-state index >= 15 is 0 Å². The number of carbonyl (C=O) groups excluding carboxylic acids is 1. The van der Waals surface area contributed by atoms with Crippen LogP contribution in [-0.2, 0) is 11.2 Å². The summed E-state index contributed by atoms with van der Waals surface area (Å²) in [7, 11) is 0. The molecule has 1 saturated heterocycles. The maximum absolute atomic E-state index is 12.3. The summed E-state index contributed by atoms with van der Waals surface area (Å²) in [6.45, 7) is 11.9. The number of hydrogen-bond donors (Lipinski definition) is 1. The Morgan fingerprint density at radius 2 is 1.76 bits per heavy atom. The molecule has 1 fully saturated rings. The van der Waals surface area contributed by atoms with E-state index in [9.17, 15) is 9.90 Å². The number of aliphatic hydroxyl groups excluding tert-OH is 1. The number of β-amino-alcohol motifs (C(OH)–C–C–N with tert-alkyl or cyclic N) is 1. The van der Waals surface area contributed by atoms with Crippen molar-refractivity contribution >= 4 is 5.91 Å². The van der Waals surface area contributed by atoms with E-state index in [4.69, 9.17) is 4.74 Å². The van der Waals surface area contributed by atoms with Gasteiger partial charge in [0.1, 0.15) is 18.5 Å². The monoisotopic (exact) mass is 348 g/mol. The Morgan fingerprint density at radius 3 is 2.28 bits per heavy atom. The van der Waals surface area contributed by atoms with Gasteiger partial charge in [-0.3, -0.25) is 9.69 Å². The second-order valence-corrected chi connectivity index (χ2v) is 7.81. The molecule has 1 atom stereocenters. The standard InChI is InChI=1S/C20H32N2O3/c1-5-16-6-8-18(9-7-16)25-15-17(23)14-21-10-12-22(13-11-21)19(24)20(2,3)4/h6-9,17,23H,5,10-15H2,1-4H3. The quantitative estimate of drug-likeness (QED) is 0.856. The van der Waals surface area contributed by atoms with Crippen LogP contribution in [0.3, 0.4) is 0 Å². The molecule has 1 aliphatic rings. The van der Waals surface area contributed by atoms with Gasteiger partial charge in [0.15, 0.2) is 0 Å². The number of ether oxygens (including phenoxy) is 1. The first-order chi connectivity index (χ1) is 11.8. The summed E-state index contributed by atoms with van der Waals surface area (Å²) in [5.74, 6) is 0.989. The predicted molar refractivity (Wildman–Crippen MR) is 99.8 cm³/mol. The minimum atomic E-state index is -0.532. The first kappa shape index (κ1) is 19.7. The van der Waals surface area contributed by atoms with Crippen molar-refractivity contribution < 1.29 is 14.6 Å². The molecular weight excluding hydrogens is 316 g/mol. The molecular formula is C20H32N2O3. The van der Waals surface area contributed by atoms with Gasteiger partial charge < -0.3 is 14.7 Å². The number of hydrogen-bond acceptors (Lipinski definition) is 4. The smallest absolute Gasteiger partial charge is 0.228 e. The lowest BCUT2D eigenvalue weighted by atomic mass is 9.94. The molecule has 1 heterocycles. The average Bonchev–Trinajstić information content (AvgIpc) is 2.59. The molecule has 0 bridgehead atoms. The number of piperazine rings is 1. The van der Waals surface area contributed by atoms with Crippen LogP contribution in [0.4, 0.5) is 0 Å². The van der Waals surface area contributed by atoms with E-state index < -0.39 is 6.10 Å². The fraction of sp³-hybridized carbons (Fsp3) is 0.650. The van der Waals surface area contributed by atoms with Gasteiger partial charge in [0.25, 0.3) is 0 Å². The molecule has 5 heteroatoms. The van der Waals surface area contributed by atoms with Crippen molar-refractivity contribution in [3.8, 4) is 5.75 Å². The summed E-state index contributed by atoms with van der Waals surface area (Å²) in [6, 6.07) is 7.99. The van der Waals surface area contributed by atoms with E-state index in [0.717, 1.165) is 38.3 Å². The Hall–Kier alpha value is -1.59. The number of aliphatic hydroxyl groups is 1. The molecule has 5 nitrogen and oxygen atoms in total. The third-order valence-corrected chi connectivity index (χ3v) is 4.54. The number of amides is 1. The SMILES string of the molecule is CCc1ccc(OCC(O)CN2CCN(C(=O)C(C)(C)C)CC2)cc1. The first-order valence-electron chi connectivity index (χ1n) is 9.21. The molecule has 1 amide bonds. The Morgan fingerprint density at radius 1 is 1.16 bits per heavy atom. The summed E-state index contributed by atoms with van der Waals surface area (Å²) < 4.78 is 5.67. The highest BCUT2D eigenvalue weighted by molar-refractivity contribution is 5.81. The molecule has 1 aromatic carbocycles. The molecule has 0 saturated carbocycles. The highest BCUT2D eigenvalue weighted by Gasteiger charge is 2.30. The molecule has 1 N–H and O–H groups in total. The molecule has 0 aromatic heterocycles. The zero-order chi connectivity index (χ0) is 18.4. The van der Waals surface area contributed by atoms with Gasteiger partial charge in [-0.05, 0) is 24.1 Å². The highest BCUT2D eigenvalue weighted by Crippen LogP contribution is 2.19. The number of benzene rings is 1. The third-order valence-electron chi connectivity index (χ3n) is 4.54. The van der Waals surface area contributed by atoms with Crippen molar-refractivity contribution in [2.45, 2.75) is 40.2 Å². The van der Waals surface area contributed by atoms with Crippen LogP contribution in [-0.4, -0.2) is 66.2 Å². The number of carbonyl (C=O) groups is 1. The van der Waals surface area contributed by atoms with Gasteiger partial charge >= 0.3 is 0 Å². The van der Waals surface area contributed by atoms with Gasteiger partial charge in [0.2, 0.25) is 5.91 Å². The lowest BCUT2D eigenvalue weighted by molar-refractivity contribution is -0.141. The number of aryl methyl sites for hydroxylation is 1. The second kappa shape index (κ2) is 8.68. The van der Waals surface area contributed by atoms with Crippen molar-refractivity contribution in [3.63, 3.8) is 0 Å². The van der Waals surface area contributed by atoms with Crippen LogP contribution >= 0.6 is 0 Å². The summed E-state index contributed by atoms with van der Waals surface area (Å²) in [4.78, 5) is 16.4. The maximum atomic E-state index is 12.3. The van der Waals surface area contributed by atoms with E-state index in [1.54, 1.807) is 0 Å². The minimum Gasteiger partial charge on any atom is -0.491 e. The topological polar surface area (TPSA) is 53.0 Å². The molecule has 1 unspecified atom stereocenters. The zero-order valence-corrected chi connectivity index (χ0v) is 16.0. The van der Waals surface area contributed by atoms with E-state index in [-0.39, 0.29) is 17.9 Å². The summed E-state index contributed by atoms with van der Waals surface area (Å²) >= 11 is 0. The largest absolute Gasteiger partial charge is 0.491 e. The van der Waals surface area contributed by atoms with Crippen molar-refractivity contribution in [1.29, 1.82) is 0 Å². The van der Waals surface area contributed by atoms with Crippen LogP contribution in [0.2, 0.25) is 0 Å². The molecule has 2 rings (SSSR count). The lowest BCUT2D eigenvalue weighted by Gasteiger charge is -2.38. The zero-order valence-electron chi connectivity index (χ0n) is 16.0. The summed E-state index contributed by atoms with van der Waals surface area (Å²) in [5.41, 5.74) is 0.943. The van der Waals surface area contributed by atoms with E-state index in [1.165, 1.54) is 5.56 Å². The Kier molecular flexibility index (Phi) is 6.85. The molecule has 140 valence electrons. The second-order valence-electron chi connectivity index (χ2n) is 7.81. The molecule has 1 aromatic rings. The van der Waals surface area contributed by atoms with Crippen molar-refractivity contribution in [2.75, 3.05) is 39.3 Å². The fourth-order valence-electron chi connectivity index (χ4n) is 2.97. The Balaban J connectivity index is 1.71. The fourth-order valence-corrected chi connectivity index (χ4v) is 2.97. The maximum Gasteiger partial charge on any atom is 0.228 e. The van der Waals surface area contributed by atoms with Crippen molar-refractivity contribution in [1.82, 2.24) is 9.80 Å². The van der Waals surface area contributed by atoms with Crippen LogP contribution < -0.4 is 4.74 Å². The Bertz CT molecular complexity index is 543. The van der Waals surface area contributed by atoms with E-state index in [0.29, 0.717) is 6.54 Å². The number of nitrogens with zero attached hydrogens (tertiary/aromatic N) is 2. The average molecular weight is 348 g/mol. The van der Waals surface area contributed by atoms with Crippen LogP contribution in [0.1, 0.15) is 33.3 Å². The predicted octanol–water partition coefficient (Wildman–Crippen LogP) is 2.18. The third kappa shape index (κ3) is 6.01. The lowest BCUT2D eigenvalue weighted by Crippen LogP contribution is -2.53. The molecule has 0 aliphatic carbocycles. The Labute approximate surface area is 151 Å². The summed E-state index contributed by atoms with van der Waals surface area (Å²) in [5, 5.41) is 10.2. The van der Waals surface area contributed by atoms with Gasteiger partial charge in [0.05, 0.1) is 0 Å². The normalized spacial score (nSPS) is 17.4. The molecule has 0 spiro atoms. The van der Waals surface area contributed by atoms with Crippen molar-refractivity contribution in [3.05, 3.63) is 29.8 Å².